The van der Waals surface area contributed by atoms with Crippen LogP contribution in [0.3, 0.4) is 0 Å². The summed E-state index contributed by atoms with van der Waals surface area (Å²) in [5, 5.41) is 9.84. The summed E-state index contributed by atoms with van der Waals surface area (Å²) in [5.74, 6) is -1.30. The molecule has 1 aromatic heterocycles. The first-order valence-electron chi connectivity index (χ1n) is 8.16. The number of rotatable bonds is 5. The standard InChI is InChI=1S/C18H19FN2O5/c1-10(22)14-8-20(15-4-3-12(26-2)6-13(14)15)9-17(23)21-7-11(19)5-16(21)18(24)25/h3-4,6,8,11,16H,5,7,9H2,1-2H3,(H,24,25)/t11-,16+/m1/s1. The average Bonchev–Trinajstić information content (AvgIpc) is 3.15. The first-order chi connectivity index (χ1) is 12.3. The lowest BCUT2D eigenvalue weighted by atomic mass is 10.1. The number of carboxylic acids is 1. The molecule has 138 valence electrons. The molecule has 2 heterocycles. The zero-order valence-electron chi connectivity index (χ0n) is 14.4. The summed E-state index contributed by atoms with van der Waals surface area (Å²) in [4.78, 5) is 36.8. The number of likely N-dealkylation sites (tertiary alicyclic amines) is 1. The predicted octanol–water partition coefficient (Wildman–Crippen LogP) is 1.88. The van der Waals surface area contributed by atoms with Gasteiger partial charge in [-0.2, -0.15) is 0 Å². The monoisotopic (exact) mass is 362 g/mol. The van der Waals surface area contributed by atoms with Crippen LogP contribution in [0.2, 0.25) is 0 Å². The highest BCUT2D eigenvalue weighted by Crippen LogP contribution is 2.27. The van der Waals surface area contributed by atoms with Crippen LogP contribution in [0.1, 0.15) is 23.7 Å². The van der Waals surface area contributed by atoms with E-state index in [1.165, 1.54) is 14.0 Å². The Morgan fingerprint density at radius 3 is 2.69 bits per heavy atom. The van der Waals surface area contributed by atoms with Crippen molar-refractivity contribution in [1.29, 1.82) is 0 Å². The van der Waals surface area contributed by atoms with Crippen molar-refractivity contribution in [3.8, 4) is 5.75 Å². The summed E-state index contributed by atoms with van der Waals surface area (Å²) < 4.78 is 20.4. The number of nitrogens with zero attached hydrogens (tertiary/aromatic N) is 2. The molecule has 0 unspecified atom stereocenters. The minimum atomic E-state index is -1.35. The van der Waals surface area contributed by atoms with Crippen molar-refractivity contribution >= 4 is 28.6 Å². The molecule has 1 fully saturated rings. The van der Waals surface area contributed by atoms with Crippen molar-refractivity contribution < 1.29 is 28.6 Å². The number of ketones is 1. The Morgan fingerprint density at radius 1 is 1.35 bits per heavy atom. The summed E-state index contributed by atoms with van der Waals surface area (Å²) in [6, 6.07) is 3.98. The molecule has 1 amide bonds. The van der Waals surface area contributed by atoms with Crippen molar-refractivity contribution in [2.75, 3.05) is 13.7 Å². The zero-order valence-corrected chi connectivity index (χ0v) is 14.4. The molecule has 1 aliphatic heterocycles. The van der Waals surface area contributed by atoms with Crippen LogP contribution in [0, 0.1) is 0 Å². The van der Waals surface area contributed by atoms with Gasteiger partial charge in [0.25, 0.3) is 0 Å². The molecule has 1 aliphatic rings. The van der Waals surface area contributed by atoms with E-state index in [0.29, 0.717) is 22.2 Å². The second-order valence-electron chi connectivity index (χ2n) is 6.34. The van der Waals surface area contributed by atoms with Crippen LogP contribution in [0.25, 0.3) is 10.9 Å². The number of carboxylic acid groups (broad SMARTS) is 1. The molecule has 1 aromatic carbocycles. The Bertz CT molecular complexity index is 891. The van der Waals surface area contributed by atoms with E-state index in [9.17, 15) is 23.9 Å². The lowest BCUT2D eigenvalue weighted by molar-refractivity contribution is -0.148. The highest BCUT2D eigenvalue weighted by atomic mass is 19.1. The van der Waals surface area contributed by atoms with Gasteiger partial charge in [0.1, 0.15) is 24.5 Å². The number of carbonyl (C=O) groups is 3. The number of alkyl halides is 1. The number of amides is 1. The fraction of sp³-hybridized carbons (Fsp3) is 0.389. The quantitative estimate of drug-likeness (QED) is 0.821. The van der Waals surface area contributed by atoms with Gasteiger partial charge in [-0.15, -0.1) is 0 Å². The number of methoxy groups -OCH3 is 1. The van der Waals surface area contributed by atoms with Gasteiger partial charge in [0, 0.05) is 29.1 Å². The number of ether oxygens (including phenoxy) is 1. The van der Waals surface area contributed by atoms with E-state index in [1.807, 2.05) is 0 Å². The van der Waals surface area contributed by atoms with Gasteiger partial charge < -0.3 is 19.3 Å². The van der Waals surface area contributed by atoms with Crippen molar-refractivity contribution in [2.24, 2.45) is 0 Å². The molecular weight excluding hydrogens is 343 g/mol. The van der Waals surface area contributed by atoms with Crippen molar-refractivity contribution in [1.82, 2.24) is 9.47 Å². The van der Waals surface area contributed by atoms with E-state index < -0.39 is 24.1 Å². The number of Topliss-reactive ketones (excluding diaryl/α,β-unsaturated/α-hetero) is 1. The average molecular weight is 362 g/mol. The first-order valence-corrected chi connectivity index (χ1v) is 8.16. The minimum absolute atomic E-state index is 0.164. The van der Waals surface area contributed by atoms with E-state index in [-0.39, 0.29) is 25.3 Å². The summed E-state index contributed by atoms with van der Waals surface area (Å²) in [6.45, 7) is 1.02. The fourth-order valence-corrected chi connectivity index (χ4v) is 3.35. The maximum atomic E-state index is 13.6. The molecule has 1 saturated heterocycles. The highest BCUT2D eigenvalue weighted by Gasteiger charge is 2.39. The molecule has 0 aliphatic carbocycles. The number of hydrogen-bond acceptors (Lipinski definition) is 4. The van der Waals surface area contributed by atoms with Gasteiger partial charge in [-0.3, -0.25) is 9.59 Å². The van der Waals surface area contributed by atoms with Crippen molar-refractivity contribution in [2.45, 2.75) is 32.1 Å². The summed E-state index contributed by atoms with van der Waals surface area (Å²) >= 11 is 0. The van der Waals surface area contributed by atoms with Crippen LogP contribution in [-0.4, -0.2) is 58.1 Å². The molecule has 8 heteroatoms. The summed E-state index contributed by atoms with van der Waals surface area (Å²) in [5.41, 5.74) is 1.08. The first kappa shape index (κ1) is 17.9. The number of aromatic nitrogens is 1. The number of aliphatic carboxylic acids is 1. The van der Waals surface area contributed by atoms with Crippen LogP contribution in [0.5, 0.6) is 5.75 Å². The molecule has 7 nitrogen and oxygen atoms in total. The van der Waals surface area contributed by atoms with Gasteiger partial charge in [-0.1, -0.05) is 0 Å². The highest BCUT2D eigenvalue weighted by molar-refractivity contribution is 6.07. The van der Waals surface area contributed by atoms with Crippen LogP contribution in [0.4, 0.5) is 4.39 Å². The van der Waals surface area contributed by atoms with Gasteiger partial charge in [0.05, 0.1) is 13.7 Å². The third kappa shape index (κ3) is 3.14. The third-order valence-corrected chi connectivity index (χ3v) is 4.63. The van der Waals surface area contributed by atoms with Gasteiger partial charge in [0.2, 0.25) is 5.91 Å². The van der Waals surface area contributed by atoms with E-state index in [2.05, 4.69) is 0 Å². The molecule has 3 rings (SSSR count). The molecule has 26 heavy (non-hydrogen) atoms. The van der Waals surface area contributed by atoms with Gasteiger partial charge in [-0.05, 0) is 25.1 Å². The zero-order chi connectivity index (χ0) is 19.0. The smallest absolute Gasteiger partial charge is 0.326 e. The van der Waals surface area contributed by atoms with Gasteiger partial charge >= 0.3 is 5.97 Å². The van der Waals surface area contributed by atoms with E-state index in [0.717, 1.165) is 4.90 Å². The largest absolute Gasteiger partial charge is 0.497 e. The second-order valence-corrected chi connectivity index (χ2v) is 6.34. The van der Waals surface area contributed by atoms with Crippen molar-refractivity contribution in [3.05, 3.63) is 30.0 Å². The van der Waals surface area contributed by atoms with Crippen LogP contribution in [0.15, 0.2) is 24.4 Å². The number of carbonyl (C=O) groups excluding carboxylic acids is 2. The molecular formula is C18H19FN2O5. The second kappa shape index (κ2) is 6.78. The van der Waals surface area contributed by atoms with E-state index in [4.69, 9.17) is 4.74 Å². The topological polar surface area (TPSA) is 88.8 Å². The Kier molecular flexibility index (Phi) is 4.67. The lowest BCUT2D eigenvalue weighted by Crippen LogP contribution is -2.42. The normalized spacial score (nSPS) is 19.7. The van der Waals surface area contributed by atoms with Crippen LogP contribution in [-0.2, 0) is 16.1 Å². The van der Waals surface area contributed by atoms with E-state index in [1.54, 1.807) is 29.0 Å². The summed E-state index contributed by atoms with van der Waals surface area (Å²) in [7, 11) is 1.52. The number of benzene rings is 1. The number of fused-ring (bicyclic) bond motifs is 1. The molecule has 0 bridgehead atoms. The van der Waals surface area contributed by atoms with Crippen molar-refractivity contribution in [3.63, 3.8) is 0 Å². The molecule has 0 saturated carbocycles. The Hall–Kier alpha value is -2.90. The molecule has 0 radical (unpaired) electrons. The summed E-state index contributed by atoms with van der Waals surface area (Å²) in [6.07, 6.45) is 0.00507. The van der Waals surface area contributed by atoms with E-state index >= 15 is 0 Å². The number of hydrogen-bond donors (Lipinski definition) is 1. The maximum absolute atomic E-state index is 13.6. The molecule has 2 aromatic rings. The van der Waals surface area contributed by atoms with Crippen LogP contribution < -0.4 is 4.74 Å². The Labute approximate surface area is 148 Å². The predicted molar refractivity (Wildman–Crippen MR) is 91.1 cm³/mol. The Morgan fingerprint density at radius 2 is 2.08 bits per heavy atom. The fourth-order valence-electron chi connectivity index (χ4n) is 3.35. The Balaban J connectivity index is 1.94. The molecule has 1 N–H and O–H groups in total. The SMILES string of the molecule is COc1ccc2c(c1)c(C(C)=O)cn2CC(=O)N1C[C@H](F)C[C@H]1C(=O)O. The van der Waals surface area contributed by atoms with Gasteiger partial charge in [0.15, 0.2) is 5.78 Å². The lowest BCUT2D eigenvalue weighted by Gasteiger charge is -2.21. The maximum Gasteiger partial charge on any atom is 0.326 e. The van der Waals surface area contributed by atoms with Crippen LogP contribution >= 0.6 is 0 Å². The molecule has 0 spiro atoms. The minimum Gasteiger partial charge on any atom is -0.497 e. The molecule has 2 atom stereocenters. The number of halogens is 1. The third-order valence-electron chi connectivity index (χ3n) is 4.63. The van der Waals surface area contributed by atoms with Gasteiger partial charge in [-0.25, -0.2) is 9.18 Å².